The molecule has 2 aliphatic rings. The molecule has 3 atom stereocenters. The van der Waals surface area contributed by atoms with Crippen molar-refractivity contribution in [2.24, 2.45) is 16.3 Å². The van der Waals surface area contributed by atoms with E-state index in [-0.39, 0.29) is 29.4 Å². The van der Waals surface area contributed by atoms with E-state index in [9.17, 15) is 0 Å². The molecule has 3 unspecified atom stereocenters. The summed E-state index contributed by atoms with van der Waals surface area (Å²) < 4.78 is 22.1. The van der Waals surface area contributed by atoms with Crippen LogP contribution in [0, 0.1) is 11.3 Å². The number of nitrogens with one attached hydrogen (secondary N) is 2. The van der Waals surface area contributed by atoms with Crippen molar-refractivity contribution in [3.05, 3.63) is 17.7 Å². The molecule has 0 spiro atoms. The Balaban J connectivity index is 0.00000280. The number of methoxy groups -OCH3 is 3. The van der Waals surface area contributed by atoms with Crippen molar-refractivity contribution in [2.45, 2.75) is 39.0 Å². The van der Waals surface area contributed by atoms with Gasteiger partial charge in [0, 0.05) is 37.6 Å². The average Bonchev–Trinajstić information content (AvgIpc) is 3.14. The van der Waals surface area contributed by atoms with Crippen molar-refractivity contribution in [3.63, 3.8) is 0 Å². The van der Waals surface area contributed by atoms with E-state index >= 15 is 0 Å². The number of guanidine groups is 1. The summed E-state index contributed by atoms with van der Waals surface area (Å²) >= 11 is 0. The van der Waals surface area contributed by atoms with Crippen LogP contribution in [0.3, 0.4) is 0 Å². The molecular formula is C20H32IN3O4. The fourth-order valence-corrected chi connectivity index (χ4v) is 4.38. The van der Waals surface area contributed by atoms with E-state index in [0.29, 0.717) is 41.9 Å². The van der Waals surface area contributed by atoms with E-state index in [1.165, 1.54) is 0 Å². The highest BCUT2D eigenvalue weighted by Crippen LogP contribution is 2.52. The number of rotatable bonds is 6. The van der Waals surface area contributed by atoms with Crippen molar-refractivity contribution >= 4 is 29.9 Å². The summed E-state index contributed by atoms with van der Waals surface area (Å²) in [4.78, 5) is 4.39. The summed E-state index contributed by atoms with van der Waals surface area (Å²) in [6.07, 6.45) is 1.46. The van der Waals surface area contributed by atoms with Gasteiger partial charge in [0.1, 0.15) is 0 Å². The van der Waals surface area contributed by atoms with Gasteiger partial charge in [0.05, 0.1) is 27.4 Å². The summed E-state index contributed by atoms with van der Waals surface area (Å²) in [6.45, 7) is 5.95. The Morgan fingerprint density at radius 2 is 1.82 bits per heavy atom. The largest absolute Gasteiger partial charge is 0.493 e. The van der Waals surface area contributed by atoms with Gasteiger partial charge in [-0.05, 0) is 24.1 Å². The van der Waals surface area contributed by atoms with Crippen molar-refractivity contribution in [1.29, 1.82) is 0 Å². The van der Waals surface area contributed by atoms with Crippen molar-refractivity contribution in [1.82, 2.24) is 10.6 Å². The Morgan fingerprint density at radius 1 is 1.18 bits per heavy atom. The number of fused-ring (bicyclic) bond motifs is 1. The Morgan fingerprint density at radius 3 is 2.36 bits per heavy atom. The van der Waals surface area contributed by atoms with Crippen LogP contribution in [0.2, 0.25) is 0 Å². The molecule has 1 heterocycles. The van der Waals surface area contributed by atoms with Crippen molar-refractivity contribution in [2.75, 3.05) is 35.0 Å². The Hall–Kier alpha value is -1.42. The van der Waals surface area contributed by atoms with Gasteiger partial charge in [-0.1, -0.05) is 13.8 Å². The van der Waals surface area contributed by atoms with Gasteiger partial charge in [-0.15, -0.1) is 24.0 Å². The van der Waals surface area contributed by atoms with Gasteiger partial charge in [-0.3, -0.25) is 4.99 Å². The van der Waals surface area contributed by atoms with E-state index in [1.54, 1.807) is 28.4 Å². The molecule has 0 bridgehead atoms. The number of ether oxygens (including phenoxy) is 4. The molecule has 3 rings (SSSR count). The summed E-state index contributed by atoms with van der Waals surface area (Å²) in [5, 5.41) is 6.98. The van der Waals surface area contributed by atoms with Gasteiger partial charge < -0.3 is 29.6 Å². The number of hydrogen-bond acceptors (Lipinski definition) is 5. The first-order valence-corrected chi connectivity index (χ1v) is 9.34. The second-order valence-corrected chi connectivity index (χ2v) is 7.65. The van der Waals surface area contributed by atoms with Crippen LogP contribution >= 0.6 is 24.0 Å². The maximum Gasteiger partial charge on any atom is 0.203 e. The van der Waals surface area contributed by atoms with Gasteiger partial charge in [0.2, 0.25) is 5.75 Å². The van der Waals surface area contributed by atoms with Crippen LogP contribution < -0.4 is 24.8 Å². The second-order valence-electron chi connectivity index (χ2n) is 7.65. The molecule has 8 heteroatoms. The number of aliphatic imine (C=N–C) groups is 1. The van der Waals surface area contributed by atoms with Gasteiger partial charge in [0.25, 0.3) is 0 Å². The normalized spacial score (nSPS) is 25.1. The maximum atomic E-state index is 5.87. The van der Waals surface area contributed by atoms with E-state index < -0.39 is 0 Å². The van der Waals surface area contributed by atoms with Gasteiger partial charge in [-0.2, -0.15) is 0 Å². The minimum Gasteiger partial charge on any atom is -0.493 e. The van der Waals surface area contributed by atoms with Gasteiger partial charge in [0.15, 0.2) is 17.5 Å². The summed E-state index contributed by atoms with van der Waals surface area (Å²) in [6, 6.07) is 4.24. The topological polar surface area (TPSA) is 73.3 Å². The first kappa shape index (κ1) is 22.9. The van der Waals surface area contributed by atoms with Crippen LogP contribution in [-0.4, -0.2) is 53.1 Å². The number of halogens is 1. The summed E-state index contributed by atoms with van der Waals surface area (Å²) in [5.74, 6) is 3.21. The molecule has 1 aromatic carbocycles. The fraction of sp³-hybridized carbons (Fsp3) is 0.650. The predicted octanol–water partition coefficient (Wildman–Crippen LogP) is 2.81. The second kappa shape index (κ2) is 9.39. The Kier molecular flexibility index (Phi) is 7.66. The highest BCUT2D eigenvalue weighted by atomic mass is 127. The highest BCUT2D eigenvalue weighted by molar-refractivity contribution is 14.0. The third kappa shape index (κ3) is 4.12. The van der Waals surface area contributed by atoms with Crippen LogP contribution in [0.15, 0.2) is 17.1 Å². The third-order valence-corrected chi connectivity index (χ3v) is 5.80. The number of nitrogens with zero attached hydrogens (tertiary/aromatic N) is 1. The molecule has 0 radical (unpaired) electrons. The minimum atomic E-state index is 0. The predicted molar refractivity (Wildman–Crippen MR) is 120 cm³/mol. The monoisotopic (exact) mass is 505 g/mol. The molecule has 2 fully saturated rings. The van der Waals surface area contributed by atoms with Crippen molar-refractivity contribution < 1.29 is 18.9 Å². The highest BCUT2D eigenvalue weighted by Gasteiger charge is 2.59. The van der Waals surface area contributed by atoms with Crippen LogP contribution in [0.5, 0.6) is 17.2 Å². The van der Waals surface area contributed by atoms with E-state index in [0.717, 1.165) is 24.6 Å². The SMILES string of the molecule is CN=C(NCc1cc(OC)c(OC)c(OC)c1)NC1C2CCOC2C1(C)C.I. The molecule has 0 aromatic heterocycles. The summed E-state index contributed by atoms with van der Waals surface area (Å²) in [7, 11) is 6.63. The smallest absolute Gasteiger partial charge is 0.203 e. The molecule has 1 aliphatic heterocycles. The van der Waals surface area contributed by atoms with Crippen LogP contribution in [0.25, 0.3) is 0 Å². The lowest BCUT2D eigenvalue weighted by Crippen LogP contribution is -2.67. The lowest BCUT2D eigenvalue weighted by Gasteiger charge is -2.54. The molecule has 2 N–H and O–H groups in total. The van der Waals surface area contributed by atoms with E-state index in [1.807, 2.05) is 12.1 Å². The van der Waals surface area contributed by atoms with Gasteiger partial charge in [-0.25, -0.2) is 0 Å². The van der Waals surface area contributed by atoms with Crippen LogP contribution in [0.1, 0.15) is 25.8 Å². The zero-order chi connectivity index (χ0) is 19.6. The first-order valence-electron chi connectivity index (χ1n) is 9.34. The molecular weight excluding hydrogens is 473 g/mol. The molecule has 28 heavy (non-hydrogen) atoms. The van der Waals surface area contributed by atoms with E-state index in [4.69, 9.17) is 18.9 Å². The molecule has 1 saturated carbocycles. The molecule has 7 nitrogen and oxygen atoms in total. The lowest BCUT2D eigenvalue weighted by molar-refractivity contribution is -0.106. The number of hydrogen-bond donors (Lipinski definition) is 2. The summed E-state index contributed by atoms with van der Waals surface area (Å²) in [5.41, 5.74) is 1.12. The van der Waals surface area contributed by atoms with Crippen LogP contribution in [-0.2, 0) is 11.3 Å². The molecule has 1 aromatic rings. The number of benzene rings is 1. The zero-order valence-corrected chi connectivity index (χ0v) is 19.8. The first-order chi connectivity index (χ1) is 13.0. The van der Waals surface area contributed by atoms with Gasteiger partial charge >= 0.3 is 0 Å². The molecule has 0 amide bonds. The minimum absolute atomic E-state index is 0. The maximum absolute atomic E-state index is 5.87. The van der Waals surface area contributed by atoms with Crippen molar-refractivity contribution in [3.8, 4) is 17.2 Å². The van der Waals surface area contributed by atoms with E-state index in [2.05, 4.69) is 29.5 Å². The zero-order valence-electron chi connectivity index (χ0n) is 17.5. The lowest BCUT2D eigenvalue weighted by atomic mass is 9.57. The Labute approximate surface area is 184 Å². The molecule has 1 aliphatic carbocycles. The van der Waals surface area contributed by atoms with Crippen LogP contribution in [0.4, 0.5) is 0 Å². The fourth-order valence-electron chi connectivity index (χ4n) is 4.38. The third-order valence-electron chi connectivity index (χ3n) is 5.80. The standard InChI is InChI=1S/C20H31N3O4.HI/c1-20(2)17(13-7-8-27-18(13)20)23-19(21-3)22-11-12-9-14(24-4)16(26-6)15(10-12)25-5;/h9-10,13,17-18H,7-8,11H2,1-6H3,(H2,21,22,23);1H. The molecule has 158 valence electrons. The quantitative estimate of drug-likeness (QED) is 0.352. The molecule has 1 saturated heterocycles. The Bertz CT molecular complexity index is 686. The average molecular weight is 505 g/mol.